The minimum Gasteiger partial charge on any atom is -0.436 e. The smallest absolute Gasteiger partial charge is 0.269 e. The highest BCUT2D eigenvalue weighted by atomic mass is 35.5. The number of aromatic nitrogens is 1. The van der Waals surface area contributed by atoms with E-state index < -0.39 is 4.92 Å². The number of halogens is 1. The molecule has 1 aromatic heterocycles. The van der Waals surface area contributed by atoms with Crippen LogP contribution in [-0.2, 0) is 0 Å². The van der Waals surface area contributed by atoms with Crippen LogP contribution < -0.4 is 0 Å². The summed E-state index contributed by atoms with van der Waals surface area (Å²) >= 11 is 5.91. The highest BCUT2D eigenvalue weighted by molar-refractivity contribution is 6.30. The molecule has 27 heavy (non-hydrogen) atoms. The standard InChI is InChI=1S/C20H12ClN3O3/c21-15-5-3-14(4-6-15)20-23-18-10-7-16(11-19(18)27-20)22-12-13-1-8-17(9-2-13)24(25)26/h1-12H. The molecule has 0 aliphatic heterocycles. The summed E-state index contributed by atoms with van der Waals surface area (Å²) in [6.07, 6.45) is 1.64. The molecule has 0 saturated carbocycles. The second-order valence-corrected chi connectivity index (χ2v) is 6.22. The second kappa shape index (κ2) is 7.01. The van der Waals surface area contributed by atoms with Gasteiger partial charge in [0, 0.05) is 35.0 Å². The van der Waals surface area contributed by atoms with Crippen LogP contribution in [0.1, 0.15) is 5.56 Å². The van der Waals surface area contributed by atoms with Crippen LogP contribution in [0.2, 0.25) is 5.02 Å². The van der Waals surface area contributed by atoms with E-state index in [9.17, 15) is 10.1 Å². The van der Waals surface area contributed by atoms with Crippen molar-refractivity contribution in [1.29, 1.82) is 0 Å². The zero-order valence-corrected chi connectivity index (χ0v) is 14.6. The number of benzene rings is 3. The molecule has 0 bridgehead atoms. The molecule has 0 aliphatic carbocycles. The minimum atomic E-state index is -0.434. The first-order valence-corrected chi connectivity index (χ1v) is 8.41. The molecular weight excluding hydrogens is 366 g/mol. The van der Waals surface area contributed by atoms with Gasteiger partial charge in [0.1, 0.15) is 5.52 Å². The fourth-order valence-corrected chi connectivity index (χ4v) is 2.67. The Balaban J connectivity index is 1.59. The van der Waals surface area contributed by atoms with Gasteiger partial charge in [-0.2, -0.15) is 0 Å². The molecule has 0 unspecified atom stereocenters. The van der Waals surface area contributed by atoms with E-state index in [-0.39, 0.29) is 5.69 Å². The normalized spacial score (nSPS) is 11.3. The monoisotopic (exact) mass is 377 g/mol. The zero-order chi connectivity index (χ0) is 18.8. The van der Waals surface area contributed by atoms with E-state index in [2.05, 4.69) is 9.98 Å². The highest BCUT2D eigenvalue weighted by Crippen LogP contribution is 2.28. The molecule has 0 amide bonds. The summed E-state index contributed by atoms with van der Waals surface area (Å²) in [5.41, 5.74) is 3.70. The Kier molecular flexibility index (Phi) is 4.40. The lowest BCUT2D eigenvalue weighted by Gasteiger charge is -1.95. The summed E-state index contributed by atoms with van der Waals surface area (Å²) in [4.78, 5) is 19.1. The number of hydrogen-bond acceptors (Lipinski definition) is 5. The third-order valence-corrected chi connectivity index (χ3v) is 4.18. The van der Waals surface area contributed by atoms with Gasteiger partial charge in [-0.25, -0.2) is 4.98 Å². The molecule has 0 saturated heterocycles. The van der Waals surface area contributed by atoms with Crippen LogP contribution in [0.5, 0.6) is 0 Å². The van der Waals surface area contributed by atoms with Gasteiger partial charge in [-0.15, -0.1) is 0 Å². The van der Waals surface area contributed by atoms with Crippen LogP contribution in [0.15, 0.2) is 76.1 Å². The predicted octanol–water partition coefficient (Wildman–Crippen LogP) is 5.81. The van der Waals surface area contributed by atoms with Crippen molar-refractivity contribution >= 4 is 40.3 Å². The van der Waals surface area contributed by atoms with E-state index in [1.807, 2.05) is 24.3 Å². The summed E-state index contributed by atoms with van der Waals surface area (Å²) in [6, 6.07) is 18.9. The lowest BCUT2D eigenvalue weighted by molar-refractivity contribution is -0.384. The number of hydrogen-bond donors (Lipinski definition) is 0. The Labute approximate surface area is 158 Å². The van der Waals surface area contributed by atoms with Gasteiger partial charge in [-0.05, 0) is 54.1 Å². The molecule has 0 atom stereocenters. The first kappa shape index (κ1) is 16.9. The average Bonchev–Trinajstić information content (AvgIpc) is 3.10. The highest BCUT2D eigenvalue weighted by Gasteiger charge is 2.09. The largest absolute Gasteiger partial charge is 0.436 e. The Morgan fingerprint density at radius 2 is 1.78 bits per heavy atom. The first-order valence-electron chi connectivity index (χ1n) is 8.03. The van der Waals surface area contributed by atoms with E-state index in [1.165, 1.54) is 12.1 Å². The number of nitrogens with zero attached hydrogens (tertiary/aromatic N) is 3. The first-order chi connectivity index (χ1) is 13.1. The number of non-ortho nitro benzene ring substituents is 1. The summed E-state index contributed by atoms with van der Waals surface area (Å²) < 4.78 is 5.83. The van der Waals surface area contributed by atoms with Crippen molar-refractivity contribution in [2.24, 2.45) is 4.99 Å². The quantitative estimate of drug-likeness (QED) is 0.255. The fourth-order valence-electron chi connectivity index (χ4n) is 2.54. The molecular formula is C20H12ClN3O3. The fraction of sp³-hybridized carbons (Fsp3) is 0. The number of aliphatic imine (C=N–C) groups is 1. The number of nitro groups is 1. The SMILES string of the molecule is O=[N+]([O-])c1ccc(C=Nc2ccc3nc(-c4ccc(Cl)cc4)oc3c2)cc1. The van der Waals surface area contributed by atoms with Crippen molar-refractivity contribution in [2.45, 2.75) is 0 Å². The summed E-state index contributed by atoms with van der Waals surface area (Å²) in [7, 11) is 0. The Morgan fingerprint density at radius 1 is 1.04 bits per heavy atom. The molecule has 0 N–H and O–H groups in total. The van der Waals surface area contributed by atoms with Crippen LogP contribution in [-0.4, -0.2) is 16.1 Å². The van der Waals surface area contributed by atoms with Crippen LogP contribution in [0.25, 0.3) is 22.6 Å². The molecule has 0 fully saturated rings. The summed E-state index contributed by atoms with van der Waals surface area (Å²) in [6.45, 7) is 0. The molecule has 132 valence electrons. The van der Waals surface area contributed by atoms with Crippen LogP contribution in [0, 0.1) is 10.1 Å². The van der Waals surface area contributed by atoms with E-state index >= 15 is 0 Å². The Morgan fingerprint density at radius 3 is 2.48 bits per heavy atom. The molecule has 3 aromatic carbocycles. The van der Waals surface area contributed by atoms with Crippen molar-refractivity contribution in [3.63, 3.8) is 0 Å². The predicted molar refractivity (Wildman–Crippen MR) is 105 cm³/mol. The van der Waals surface area contributed by atoms with Crippen molar-refractivity contribution in [2.75, 3.05) is 0 Å². The van der Waals surface area contributed by atoms with Gasteiger partial charge in [0.05, 0.1) is 10.6 Å². The van der Waals surface area contributed by atoms with Gasteiger partial charge >= 0.3 is 0 Å². The topological polar surface area (TPSA) is 81.5 Å². The van der Waals surface area contributed by atoms with Gasteiger partial charge in [0.15, 0.2) is 5.58 Å². The van der Waals surface area contributed by atoms with Crippen LogP contribution in [0.4, 0.5) is 11.4 Å². The van der Waals surface area contributed by atoms with Crippen LogP contribution >= 0.6 is 11.6 Å². The van der Waals surface area contributed by atoms with Gasteiger partial charge < -0.3 is 4.42 Å². The lowest BCUT2D eigenvalue weighted by Crippen LogP contribution is -1.88. The van der Waals surface area contributed by atoms with Crippen molar-refractivity contribution in [3.8, 4) is 11.5 Å². The maximum atomic E-state index is 10.7. The second-order valence-electron chi connectivity index (χ2n) is 5.78. The van der Waals surface area contributed by atoms with Crippen molar-refractivity contribution < 1.29 is 9.34 Å². The van der Waals surface area contributed by atoms with Crippen LogP contribution in [0.3, 0.4) is 0 Å². The van der Waals surface area contributed by atoms with E-state index in [0.29, 0.717) is 22.2 Å². The molecule has 4 rings (SSSR count). The third-order valence-electron chi connectivity index (χ3n) is 3.93. The van der Waals surface area contributed by atoms with E-state index in [0.717, 1.165) is 16.6 Å². The van der Waals surface area contributed by atoms with E-state index in [4.69, 9.17) is 16.0 Å². The van der Waals surface area contributed by atoms with Gasteiger partial charge in [0.2, 0.25) is 5.89 Å². The number of fused-ring (bicyclic) bond motifs is 1. The van der Waals surface area contributed by atoms with Gasteiger partial charge in [-0.3, -0.25) is 15.1 Å². The van der Waals surface area contributed by atoms with Gasteiger partial charge in [-0.1, -0.05) is 11.6 Å². The minimum absolute atomic E-state index is 0.0463. The van der Waals surface area contributed by atoms with Crippen molar-refractivity contribution in [3.05, 3.63) is 87.4 Å². The summed E-state index contributed by atoms with van der Waals surface area (Å²) in [5, 5.41) is 11.3. The molecule has 1 heterocycles. The number of nitro benzene ring substituents is 1. The molecule has 6 nitrogen and oxygen atoms in total. The molecule has 0 radical (unpaired) electrons. The van der Waals surface area contributed by atoms with Crippen molar-refractivity contribution in [1.82, 2.24) is 4.98 Å². The van der Waals surface area contributed by atoms with Gasteiger partial charge in [0.25, 0.3) is 5.69 Å². The maximum absolute atomic E-state index is 10.7. The molecule has 0 aliphatic rings. The maximum Gasteiger partial charge on any atom is 0.269 e. The average molecular weight is 378 g/mol. The third kappa shape index (κ3) is 3.70. The molecule has 7 heteroatoms. The summed E-state index contributed by atoms with van der Waals surface area (Å²) in [5.74, 6) is 0.512. The van der Waals surface area contributed by atoms with E-state index in [1.54, 1.807) is 36.5 Å². The zero-order valence-electron chi connectivity index (χ0n) is 13.9. The molecule has 4 aromatic rings. The lowest BCUT2D eigenvalue weighted by atomic mass is 10.2. The number of oxazole rings is 1. The Bertz CT molecular complexity index is 1150. The molecule has 0 spiro atoms. The number of rotatable bonds is 4. The Hall–Kier alpha value is -3.51.